The fourth-order valence-corrected chi connectivity index (χ4v) is 2.25. The van der Waals surface area contributed by atoms with Gasteiger partial charge in [0.15, 0.2) is 0 Å². The van der Waals surface area contributed by atoms with Crippen molar-refractivity contribution >= 4 is 11.8 Å². The molecule has 0 saturated heterocycles. The maximum atomic E-state index is 6.12. The van der Waals surface area contributed by atoms with Crippen molar-refractivity contribution in [1.29, 1.82) is 0 Å². The first-order valence-corrected chi connectivity index (χ1v) is 7.04. The Labute approximate surface area is 104 Å². The summed E-state index contributed by atoms with van der Waals surface area (Å²) in [6.45, 7) is 8.86. The summed E-state index contributed by atoms with van der Waals surface area (Å²) in [5, 5.41) is 0. The van der Waals surface area contributed by atoms with Gasteiger partial charge in [-0.25, -0.2) is 0 Å². The maximum absolute atomic E-state index is 6.12. The first-order chi connectivity index (χ1) is 7.45. The van der Waals surface area contributed by atoms with E-state index in [1.807, 2.05) is 11.8 Å². The van der Waals surface area contributed by atoms with Crippen LogP contribution in [0.25, 0.3) is 0 Å². The highest BCUT2D eigenvalue weighted by Gasteiger charge is 2.13. The fraction of sp³-hybridized carbons (Fsp3) is 0.571. The molecule has 0 amide bonds. The lowest BCUT2D eigenvalue weighted by atomic mass is 9.86. The van der Waals surface area contributed by atoms with Crippen LogP contribution in [0.5, 0.6) is 0 Å². The van der Waals surface area contributed by atoms with Gasteiger partial charge in [-0.05, 0) is 22.3 Å². The van der Waals surface area contributed by atoms with Gasteiger partial charge >= 0.3 is 0 Å². The minimum absolute atomic E-state index is 0.166. The van der Waals surface area contributed by atoms with E-state index in [-0.39, 0.29) is 11.5 Å². The minimum atomic E-state index is 0.166. The Balaban J connectivity index is 2.71. The summed E-state index contributed by atoms with van der Waals surface area (Å²) in [4.78, 5) is 0. The van der Waals surface area contributed by atoms with E-state index in [0.29, 0.717) is 0 Å². The molecule has 0 aliphatic heterocycles. The number of hydrogen-bond donors (Lipinski definition) is 1. The lowest BCUT2D eigenvalue weighted by Gasteiger charge is -2.20. The topological polar surface area (TPSA) is 26.0 Å². The van der Waals surface area contributed by atoms with Gasteiger partial charge < -0.3 is 5.73 Å². The molecule has 90 valence electrons. The van der Waals surface area contributed by atoms with Crippen LogP contribution in [0.3, 0.4) is 0 Å². The van der Waals surface area contributed by atoms with Crippen LogP contribution < -0.4 is 5.73 Å². The smallest absolute Gasteiger partial charge is 0.0386 e. The van der Waals surface area contributed by atoms with Crippen molar-refractivity contribution in [3.63, 3.8) is 0 Å². The molecule has 2 N–H and O–H groups in total. The number of thioether (sulfide) groups is 1. The molecule has 1 nitrogen and oxygen atoms in total. The van der Waals surface area contributed by atoms with Crippen molar-refractivity contribution < 1.29 is 0 Å². The van der Waals surface area contributed by atoms with E-state index in [1.165, 1.54) is 11.1 Å². The molecule has 0 aromatic heterocycles. The van der Waals surface area contributed by atoms with Gasteiger partial charge in [0.05, 0.1) is 0 Å². The average molecular weight is 237 g/mol. The van der Waals surface area contributed by atoms with E-state index in [1.54, 1.807) is 0 Å². The number of hydrogen-bond acceptors (Lipinski definition) is 2. The van der Waals surface area contributed by atoms with E-state index >= 15 is 0 Å². The van der Waals surface area contributed by atoms with Gasteiger partial charge in [0.1, 0.15) is 0 Å². The molecular weight excluding hydrogens is 214 g/mol. The monoisotopic (exact) mass is 237 g/mol. The molecule has 0 radical (unpaired) electrons. The molecule has 1 unspecified atom stereocenters. The molecule has 0 aliphatic rings. The summed E-state index contributed by atoms with van der Waals surface area (Å²) < 4.78 is 0. The van der Waals surface area contributed by atoms with E-state index in [9.17, 15) is 0 Å². The van der Waals surface area contributed by atoms with Gasteiger partial charge in [0, 0.05) is 11.8 Å². The Morgan fingerprint density at radius 3 is 2.19 bits per heavy atom. The summed E-state index contributed by atoms with van der Waals surface area (Å²) in [5.41, 5.74) is 8.95. The second kappa shape index (κ2) is 5.74. The Kier molecular flexibility index (Phi) is 4.88. The first-order valence-electron chi connectivity index (χ1n) is 5.89. The normalized spacial score (nSPS) is 13.8. The molecule has 1 rings (SSSR count). The van der Waals surface area contributed by atoms with Gasteiger partial charge in [-0.1, -0.05) is 52.0 Å². The molecular formula is C14H23NS. The van der Waals surface area contributed by atoms with Crippen molar-refractivity contribution in [2.75, 3.05) is 11.5 Å². The molecule has 0 bridgehead atoms. The van der Waals surface area contributed by atoms with E-state index in [2.05, 4.69) is 52.0 Å². The maximum Gasteiger partial charge on any atom is 0.0386 e. The molecule has 0 fully saturated rings. The average Bonchev–Trinajstić information content (AvgIpc) is 2.25. The van der Waals surface area contributed by atoms with E-state index in [4.69, 9.17) is 5.73 Å². The third-order valence-electron chi connectivity index (χ3n) is 2.71. The molecule has 16 heavy (non-hydrogen) atoms. The molecule has 2 heteroatoms. The van der Waals surface area contributed by atoms with Gasteiger partial charge in [-0.2, -0.15) is 11.8 Å². The lowest BCUT2D eigenvalue weighted by molar-refractivity contribution is 0.589. The Hall–Kier alpha value is -0.470. The van der Waals surface area contributed by atoms with Crippen LogP contribution in [0.1, 0.15) is 44.9 Å². The van der Waals surface area contributed by atoms with Crippen LogP contribution in [0.4, 0.5) is 0 Å². The zero-order chi connectivity index (χ0) is 12.2. The standard InChI is InChI=1S/C14H23NS/c1-5-16-10-13(15)11-6-8-12(9-7-11)14(2,3)4/h6-9,13H,5,10,15H2,1-4H3. The van der Waals surface area contributed by atoms with Crippen LogP contribution in [0, 0.1) is 0 Å². The number of benzene rings is 1. The molecule has 0 aliphatic carbocycles. The Bertz CT molecular complexity index is 311. The summed E-state index contributed by atoms with van der Waals surface area (Å²) in [6, 6.07) is 8.90. The van der Waals surface area contributed by atoms with Gasteiger partial charge in [0.25, 0.3) is 0 Å². The van der Waals surface area contributed by atoms with Crippen molar-refractivity contribution in [1.82, 2.24) is 0 Å². The lowest BCUT2D eigenvalue weighted by Crippen LogP contribution is -2.15. The predicted molar refractivity (Wildman–Crippen MR) is 75.1 cm³/mol. The zero-order valence-corrected chi connectivity index (χ0v) is 11.6. The number of nitrogens with two attached hydrogens (primary N) is 1. The predicted octanol–water partition coefficient (Wildman–Crippen LogP) is 3.74. The highest BCUT2D eigenvalue weighted by atomic mass is 32.2. The SMILES string of the molecule is CCSCC(N)c1ccc(C(C)(C)C)cc1. The van der Waals surface area contributed by atoms with Crippen LogP contribution in [0.2, 0.25) is 0 Å². The van der Waals surface area contributed by atoms with E-state index < -0.39 is 0 Å². The quantitative estimate of drug-likeness (QED) is 0.863. The zero-order valence-electron chi connectivity index (χ0n) is 10.8. The molecule has 1 aromatic rings. The fourth-order valence-electron chi connectivity index (χ4n) is 1.57. The largest absolute Gasteiger partial charge is 0.323 e. The Morgan fingerprint density at radius 1 is 1.19 bits per heavy atom. The summed E-state index contributed by atoms with van der Waals surface area (Å²) in [6.07, 6.45) is 0. The highest BCUT2D eigenvalue weighted by Crippen LogP contribution is 2.24. The third kappa shape index (κ3) is 3.84. The highest BCUT2D eigenvalue weighted by molar-refractivity contribution is 7.99. The van der Waals surface area contributed by atoms with Crippen molar-refractivity contribution in [2.24, 2.45) is 5.73 Å². The summed E-state index contributed by atoms with van der Waals surface area (Å²) in [5.74, 6) is 2.14. The van der Waals surface area contributed by atoms with Crippen LogP contribution in [0.15, 0.2) is 24.3 Å². The minimum Gasteiger partial charge on any atom is -0.323 e. The van der Waals surface area contributed by atoms with Gasteiger partial charge in [-0.3, -0.25) is 0 Å². The third-order valence-corrected chi connectivity index (χ3v) is 3.71. The molecule has 1 atom stereocenters. The van der Waals surface area contributed by atoms with Crippen molar-refractivity contribution in [3.8, 4) is 0 Å². The van der Waals surface area contributed by atoms with Crippen LogP contribution in [-0.2, 0) is 5.41 Å². The molecule has 0 saturated carbocycles. The van der Waals surface area contributed by atoms with Gasteiger partial charge in [-0.15, -0.1) is 0 Å². The first kappa shape index (κ1) is 13.6. The molecule has 0 heterocycles. The number of rotatable bonds is 4. The summed E-state index contributed by atoms with van der Waals surface area (Å²) in [7, 11) is 0. The second-order valence-corrected chi connectivity index (χ2v) is 6.46. The van der Waals surface area contributed by atoms with Crippen LogP contribution in [-0.4, -0.2) is 11.5 Å². The second-order valence-electron chi connectivity index (χ2n) is 5.14. The van der Waals surface area contributed by atoms with Gasteiger partial charge in [0.2, 0.25) is 0 Å². The molecule has 1 aromatic carbocycles. The summed E-state index contributed by atoms with van der Waals surface area (Å²) >= 11 is 1.90. The van der Waals surface area contributed by atoms with Crippen molar-refractivity contribution in [3.05, 3.63) is 35.4 Å². The van der Waals surface area contributed by atoms with Crippen LogP contribution >= 0.6 is 11.8 Å². The van der Waals surface area contributed by atoms with E-state index in [0.717, 1.165) is 11.5 Å². The Morgan fingerprint density at radius 2 is 1.75 bits per heavy atom. The molecule has 0 spiro atoms. The van der Waals surface area contributed by atoms with Crippen molar-refractivity contribution in [2.45, 2.75) is 39.2 Å².